The van der Waals surface area contributed by atoms with E-state index in [4.69, 9.17) is 9.05 Å². The quantitative estimate of drug-likeness (QED) is 0.306. The van der Waals surface area contributed by atoms with Crippen LogP contribution in [0.3, 0.4) is 0 Å². The number of quaternary nitrogens is 1. The number of nitrogens with zero attached hydrogens (tertiary/aromatic N) is 1. The van der Waals surface area contributed by atoms with E-state index in [0.29, 0.717) is 16.4 Å². The number of hydrogen-bond acceptors (Lipinski definition) is 4. The highest BCUT2D eigenvalue weighted by Crippen LogP contribution is 2.61. The molecule has 6 heteroatoms. The van der Waals surface area contributed by atoms with Crippen LogP contribution in [0.25, 0.3) is 0 Å². The number of likely N-dealkylation sites (N-methyl/N-ethyl adjacent to an activating group) is 1. The Morgan fingerprint density at radius 2 is 1.46 bits per heavy atom. The van der Waals surface area contributed by atoms with E-state index in [-0.39, 0.29) is 13.2 Å². The van der Waals surface area contributed by atoms with Crippen LogP contribution in [-0.2, 0) is 13.6 Å². The van der Waals surface area contributed by atoms with Crippen LogP contribution in [0.1, 0.15) is 64.2 Å². The Morgan fingerprint density at radius 3 is 2.00 bits per heavy atom. The Balaban J connectivity index is 1.27. The van der Waals surface area contributed by atoms with Crippen LogP contribution in [0, 0.1) is 23.2 Å². The van der Waals surface area contributed by atoms with Gasteiger partial charge in [-0.2, -0.15) is 0 Å². The molecule has 1 unspecified atom stereocenters. The maximum atomic E-state index is 11.8. The van der Waals surface area contributed by atoms with Gasteiger partial charge in [-0.25, -0.2) is 0 Å². The minimum atomic E-state index is -4.13. The minimum Gasteiger partial charge on any atom is -0.756 e. The van der Waals surface area contributed by atoms with Crippen LogP contribution in [0.5, 0.6) is 0 Å². The van der Waals surface area contributed by atoms with Gasteiger partial charge in [0.15, 0.2) is 0 Å². The van der Waals surface area contributed by atoms with Gasteiger partial charge in [0.25, 0.3) is 7.82 Å². The van der Waals surface area contributed by atoms with Crippen molar-refractivity contribution in [2.75, 3.05) is 40.9 Å². The molecule has 4 rings (SSSR count). The molecular formula is C20H38NO4P. The van der Waals surface area contributed by atoms with Crippen LogP contribution in [0.2, 0.25) is 0 Å². The van der Waals surface area contributed by atoms with Crippen LogP contribution in [0.15, 0.2) is 0 Å². The molecule has 0 heterocycles. The monoisotopic (exact) mass is 387 g/mol. The average molecular weight is 388 g/mol. The lowest BCUT2D eigenvalue weighted by Crippen LogP contribution is -2.45. The Kier molecular flexibility index (Phi) is 6.56. The van der Waals surface area contributed by atoms with Gasteiger partial charge < -0.3 is 18.4 Å². The zero-order valence-corrected chi connectivity index (χ0v) is 17.8. The molecule has 1 atom stereocenters. The number of unbranched alkanes of at least 4 members (excludes halogenated alkanes) is 2. The van der Waals surface area contributed by atoms with Crippen molar-refractivity contribution in [3.8, 4) is 0 Å². The number of phosphoric ester groups is 1. The second kappa shape index (κ2) is 8.21. The summed E-state index contributed by atoms with van der Waals surface area (Å²) in [5, 5.41) is 0. The molecule has 0 N–H and O–H groups in total. The summed E-state index contributed by atoms with van der Waals surface area (Å²) in [6, 6.07) is 0. The van der Waals surface area contributed by atoms with Gasteiger partial charge in [0, 0.05) is 0 Å². The van der Waals surface area contributed by atoms with E-state index in [1.807, 2.05) is 21.1 Å². The molecular weight excluding hydrogens is 349 g/mol. The zero-order chi connectivity index (χ0) is 18.8. The third-order valence-electron chi connectivity index (χ3n) is 6.78. The molecule has 0 aromatic rings. The first-order valence-electron chi connectivity index (χ1n) is 10.6. The van der Waals surface area contributed by atoms with Crippen molar-refractivity contribution in [1.82, 2.24) is 0 Å². The summed E-state index contributed by atoms with van der Waals surface area (Å²) in [7, 11) is 1.88. The molecule has 0 saturated heterocycles. The van der Waals surface area contributed by atoms with Crippen LogP contribution < -0.4 is 4.89 Å². The van der Waals surface area contributed by atoms with Crippen LogP contribution in [-0.4, -0.2) is 45.4 Å². The summed E-state index contributed by atoms with van der Waals surface area (Å²) in [5.41, 5.74) is 0.637. The van der Waals surface area contributed by atoms with Gasteiger partial charge in [-0.05, 0) is 74.5 Å². The highest BCUT2D eigenvalue weighted by atomic mass is 31.2. The van der Waals surface area contributed by atoms with Gasteiger partial charge in [0.2, 0.25) is 0 Å². The van der Waals surface area contributed by atoms with Crippen molar-refractivity contribution < 1.29 is 23.0 Å². The van der Waals surface area contributed by atoms with Gasteiger partial charge >= 0.3 is 0 Å². The lowest BCUT2D eigenvalue weighted by atomic mass is 9.48. The van der Waals surface area contributed by atoms with Crippen LogP contribution in [0.4, 0.5) is 0 Å². The molecule has 4 aliphatic carbocycles. The molecule has 5 nitrogen and oxygen atoms in total. The molecule has 0 aliphatic heterocycles. The largest absolute Gasteiger partial charge is 0.756 e. The third-order valence-corrected chi connectivity index (χ3v) is 7.78. The molecule has 4 aliphatic rings. The second-order valence-electron chi connectivity index (χ2n) is 10.4. The van der Waals surface area contributed by atoms with E-state index < -0.39 is 7.82 Å². The molecule has 0 aromatic carbocycles. The minimum absolute atomic E-state index is 0.177. The van der Waals surface area contributed by atoms with Gasteiger partial charge in [-0.3, -0.25) is 4.57 Å². The highest BCUT2D eigenvalue weighted by Gasteiger charge is 2.50. The zero-order valence-electron chi connectivity index (χ0n) is 17.0. The maximum absolute atomic E-state index is 11.8. The molecule has 4 fully saturated rings. The first kappa shape index (κ1) is 20.8. The molecule has 0 amide bonds. The SMILES string of the molecule is C[N+](C)(C)CCOP(=O)([O-])OCCCCCC12CC3CC(CC(C3)C1)C2. The maximum Gasteiger partial charge on any atom is 0.268 e. The van der Waals surface area contributed by atoms with Gasteiger partial charge in [0.1, 0.15) is 13.2 Å². The van der Waals surface area contributed by atoms with Crippen molar-refractivity contribution in [1.29, 1.82) is 0 Å². The Morgan fingerprint density at radius 1 is 0.923 bits per heavy atom. The lowest BCUT2D eigenvalue weighted by Gasteiger charge is -2.57. The summed E-state index contributed by atoms with van der Waals surface area (Å²) < 4.78 is 22.4. The Labute approximate surface area is 159 Å². The number of hydrogen-bond donors (Lipinski definition) is 0. The molecule has 152 valence electrons. The van der Waals surface area contributed by atoms with E-state index in [0.717, 1.165) is 30.6 Å². The number of rotatable bonds is 11. The van der Waals surface area contributed by atoms with Crippen molar-refractivity contribution in [3.05, 3.63) is 0 Å². The summed E-state index contributed by atoms with van der Waals surface area (Å²) in [5.74, 6) is 3.04. The smallest absolute Gasteiger partial charge is 0.268 e. The van der Waals surface area contributed by atoms with Crippen molar-refractivity contribution in [2.45, 2.75) is 64.2 Å². The highest BCUT2D eigenvalue weighted by molar-refractivity contribution is 7.45. The Hall–Kier alpha value is 0.0700. The topological polar surface area (TPSA) is 58.6 Å². The molecule has 26 heavy (non-hydrogen) atoms. The van der Waals surface area contributed by atoms with E-state index in [1.54, 1.807) is 0 Å². The lowest BCUT2D eigenvalue weighted by molar-refractivity contribution is -0.870. The van der Waals surface area contributed by atoms with Crippen molar-refractivity contribution in [3.63, 3.8) is 0 Å². The van der Waals surface area contributed by atoms with E-state index in [1.165, 1.54) is 51.4 Å². The molecule has 0 aromatic heterocycles. The Bertz CT molecular complexity index is 481. The van der Waals surface area contributed by atoms with Gasteiger partial charge in [0.05, 0.1) is 27.7 Å². The third kappa shape index (κ3) is 6.04. The molecule has 0 spiro atoms. The van der Waals surface area contributed by atoms with Crippen LogP contribution >= 0.6 is 7.82 Å². The summed E-state index contributed by atoms with van der Waals surface area (Å²) in [6.45, 7) is 1.07. The van der Waals surface area contributed by atoms with Crippen molar-refractivity contribution in [2.24, 2.45) is 23.2 Å². The predicted molar refractivity (Wildman–Crippen MR) is 101 cm³/mol. The fourth-order valence-corrected chi connectivity index (χ4v) is 6.75. The summed E-state index contributed by atoms with van der Waals surface area (Å²) in [6.07, 6.45) is 13.3. The summed E-state index contributed by atoms with van der Waals surface area (Å²) >= 11 is 0. The van der Waals surface area contributed by atoms with Gasteiger partial charge in [-0.1, -0.05) is 12.8 Å². The molecule has 0 radical (unpaired) electrons. The standard InChI is InChI=1S/C20H38NO4P/c1-21(2,3)8-10-25-26(22,23)24-9-6-4-5-7-20-14-17-11-18(15-20)13-19(12-17)16-20/h17-19H,4-16H2,1-3H3. The number of phosphoric acid groups is 1. The normalized spacial score (nSPS) is 35.6. The summed E-state index contributed by atoms with van der Waals surface area (Å²) in [4.78, 5) is 11.8. The molecule has 4 bridgehead atoms. The fraction of sp³-hybridized carbons (Fsp3) is 1.00. The van der Waals surface area contributed by atoms with E-state index in [2.05, 4.69) is 0 Å². The van der Waals surface area contributed by atoms with Gasteiger partial charge in [-0.15, -0.1) is 0 Å². The average Bonchev–Trinajstić information content (AvgIpc) is 2.47. The molecule has 4 saturated carbocycles. The van der Waals surface area contributed by atoms with E-state index >= 15 is 0 Å². The predicted octanol–water partition coefficient (Wildman–Crippen LogP) is 3.97. The van der Waals surface area contributed by atoms with Crippen molar-refractivity contribution >= 4 is 7.82 Å². The first-order chi connectivity index (χ1) is 12.1. The van der Waals surface area contributed by atoms with E-state index in [9.17, 15) is 9.46 Å². The first-order valence-corrected chi connectivity index (χ1v) is 12.0. The second-order valence-corrected chi connectivity index (χ2v) is 11.8. The fourth-order valence-electron chi connectivity index (χ4n) is 6.02.